The third-order valence-electron chi connectivity index (χ3n) is 7.47. The molecule has 4 aromatic rings. The molecule has 0 N–H and O–H groups in total. The van der Waals surface area contributed by atoms with Crippen LogP contribution < -0.4 is 5.46 Å². The predicted octanol–water partition coefficient (Wildman–Crippen LogP) is 7.01. The van der Waals surface area contributed by atoms with Crippen LogP contribution in [0, 0.1) is 0 Å². The molecule has 0 saturated carbocycles. The summed E-state index contributed by atoms with van der Waals surface area (Å²) in [4.78, 5) is 0. The van der Waals surface area contributed by atoms with Crippen molar-refractivity contribution in [1.29, 1.82) is 0 Å². The second-order valence-electron chi connectivity index (χ2n) is 9.82. The van der Waals surface area contributed by atoms with Gasteiger partial charge in [0.25, 0.3) is 0 Å². The molecule has 4 aromatic carbocycles. The molecule has 0 heterocycles. The van der Waals surface area contributed by atoms with Crippen LogP contribution in [0.1, 0.15) is 49.9 Å². The Balaban J connectivity index is 1.73. The van der Waals surface area contributed by atoms with Crippen molar-refractivity contribution in [2.75, 3.05) is 0 Å². The Labute approximate surface area is 187 Å². The maximum atomic E-state index is 6.50. The van der Waals surface area contributed by atoms with E-state index < -0.39 is 0 Å². The van der Waals surface area contributed by atoms with Gasteiger partial charge < -0.3 is 0 Å². The molecule has 144 valence electrons. The van der Waals surface area contributed by atoms with E-state index in [1.807, 2.05) is 0 Å². The van der Waals surface area contributed by atoms with E-state index in [0.717, 1.165) is 15.3 Å². The van der Waals surface area contributed by atoms with Gasteiger partial charge in [0.15, 0.2) is 0 Å². The number of rotatable bonds is 0. The average Bonchev–Trinajstić information content (AvgIpc) is 3.06. The minimum Gasteiger partial charge on any atom is -0.0886 e. The van der Waals surface area contributed by atoms with Gasteiger partial charge in [0.1, 0.15) is 7.85 Å². The third kappa shape index (κ3) is 2.13. The van der Waals surface area contributed by atoms with E-state index in [1.165, 1.54) is 49.9 Å². The summed E-state index contributed by atoms with van der Waals surface area (Å²) in [5.41, 5.74) is 11.8. The molecular formula is C28H22BBr. The fraction of sp³-hybridized carbons (Fsp3) is 0.214. The van der Waals surface area contributed by atoms with Crippen LogP contribution >= 0.6 is 15.9 Å². The molecule has 0 saturated heterocycles. The summed E-state index contributed by atoms with van der Waals surface area (Å²) in [6.45, 7) is 9.36. The number of hydrogen-bond donors (Lipinski definition) is 0. The zero-order chi connectivity index (χ0) is 21.0. The lowest BCUT2D eigenvalue weighted by molar-refractivity contribution is 0.652. The molecular weight excluding hydrogens is 427 g/mol. The standard InChI is InChI=1S/C28H22BBr/c1-27(2)21-11-15(30)9-10-16(21)19-12-23-20(13-22(19)27)26-18-8-6-5-7-17(18)25(29)14-24(26)28(23,3)4/h5-14H,1-4H3. The lowest BCUT2D eigenvalue weighted by Gasteiger charge is -2.24. The van der Waals surface area contributed by atoms with Gasteiger partial charge in [-0.25, -0.2) is 0 Å². The summed E-state index contributed by atoms with van der Waals surface area (Å²) >= 11 is 3.68. The Kier molecular flexibility index (Phi) is 3.49. The van der Waals surface area contributed by atoms with Gasteiger partial charge in [0, 0.05) is 15.3 Å². The lowest BCUT2D eigenvalue weighted by Crippen LogP contribution is -2.18. The topological polar surface area (TPSA) is 0 Å². The molecule has 2 aliphatic carbocycles. The summed E-state index contributed by atoms with van der Waals surface area (Å²) in [7, 11) is 6.50. The Morgan fingerprint density at radius 1 is 0.633 bits per heavy atom. The van der Waals surface area contributed by atoms with Gasteiger partial charge in [-0.2, -0.15) is 0 Å². The minimum atomic E-state index is -0.0832. The molecule has 0 nitrogen and oxygen atoms in total. The van der Waals surface area contributed by atoms with E-state index in [2.05, 4.69) is 104 Å². The van der Waals surface area contributed by atoms with Crippen LogP contribution in [0.5, 0.6) is 0 Å². The molecule has 0 aliphatic heterocycles. The second kappa shape index (κ2) is 5.68. The summed E-state index contributed by atoms with van der Waals surface area (Å²) in [6.07, 6.45) is 0. The maximum absolute atomic E-state index is 6.50. The zero-order valence-corrected chi connectivity index (χ0v) is 19.3. The van der Waals surface area contributed by atoms with Crippen molar-refractivity contribution < 1.29 is 0 Å². The van der Waals surface area contributed by atoms with Gasteiger partial charge >= 0.3 is 0 Å². The summed E-state index contributed by atoms with van der Waals surface area (Å²) in [5, 5.41) is 2.40. The number of halogens is 1. The molecule has 0 aromatic heterocycles. The van der Waals surface area contributed by atoms with E-state index in [9.17, 15) is 0 Å². The average molecular weight is 449 g/mol. The third-order valence-corrected chi connectivity index (χ3v) is 7.96. The molecule has 30 heavy (non-hydrogen) atoms. The van der Waals surface area contributed by atoms with Crippen molar-refractivity contribution in [2.24, 2.45) is 0 Å². The quantitative estimate of drug-likeness (QED) is 0.254. The zero-order valence-electron chi connectivity index (χ0n) is 17.7. The van der Waals surface area contributed by atoms with Gasteiger partial charge in [-0.3, -0.25) is 0 Å². The van der Waals surface area contributed by atoms with Gasteiger partial charge in [-0.05, 0) is 79.5 Å². The van der Waals surface area contributed by atoms with Crippen molar-refractivity contribution in [3.05, 3.63) is 87.4 Å². The van der Waals surface area contributed by atoms with Crippen LogP contribution in [0.15, 0.2) is 65.1 Å². The van der Waals surface area contributed by atoms with Gasteiger partial charge in [0.05, 0.1) is 0 Å². The van der Waals surface area contributed by atoms with Gasteiger partial charge in [-0.1, -0.05) is 85.5 Å². The van der Waals surface area contributed by atoms with E-state index in [-0.39, 0.29) is 10.8 Å². The molecule has 6 rings (SSSR count). The molecule has 0 atom stereocenters. The predicted molar refractivity (Wildman–Crippen MR) is 132 cm³/mol. The van der Waals surface area contributed by atoms with E-state index >= 15 is 0 Å². The molecule has 0 spiro atoms. The first-order chi connectivity index (χ1) is 14.2. The highest BCUT2D eigenvalue weighted by atomic mass is 79.9. The van der Waals surface area contributed by atoms with Crippen LogP contribution in [0.25, 0.3) is 33.0 Å². The monoisotopic (exact) mass is 448 g/mol. The van der Waals surface area contributed by atoms with Crippen molar-refractivity contribution in [1.82, 2.24) is 0 Å². The maximum Gasteiger partial charge on any atom is 0.114 e. The smallest absolute Gasteiger partial charge is 0.0886 e. The van der Waals surface area contributed by atoms with Crippen LogP contribution in [0.2, 0.25) is 0 Å². The fourth-order valence-electron chi connectivity index (χ4n) is 5.81. The number of hydrogen-bond acceptors (Lipinski definition) is 0. The van der Waals surface area contributed by atoms with Crippen LogP contribution in [0.3, 0.4) is 0 Å². The lowest BCUT2D eigenvalue weighted by atomic mass is 9.78. The first-order valence-electron chi connectivity index (χ1n) is 10.5. The highest BCUT2D eigenvalue weighted by Crippen LogP contribution is 2.57. The van der Waals surface area contributed by atoms with Crippen molar-refractivity contribution in [3.63, 3.8) is 0 Å². The van der Waals surface area contributed by atoms with E-state index in [1.54, 1.807) is 0 Å². The SMILES string of the molecule is [B]c1cc2c(c3ccccc13)-c1cc3c(cc1C2(C)C)-c1ccc(Br)cc1C3(C)C. The largest absolute Gasteiger partial charge is 0.114 e. The highest BCUT2D eigenvalue weighted by molar-refractivity contribution is 9.10. The molecule has 0 amide bonds. The summed E-state index contributed by atoms with van der Waals surface area (Å²) in [5.74, 6) is 0. The Morgan fingerprint density at radius 2 is 1.23 bits per heavy atom. The van der Waals surface area contributed by atoms with E-state index in [4.69, 9.17) is 7.85 Å². The Hall–Kier alpha value is -2.32. The van der Waals surface area contributed by atoms with Crippen molar-refractivity contribution in [2.45, 2.75) is 38.5 Å². The Bertz CT molecular complexity index is 1410. The highest BCUT2D eigenvalue weighted by Gasteiger charge is 2.42. The summed E-state index contributed by atoms with van der Waals surface area (Å²) in [6, 6.07) is 22.4. The first-order valence-corrected chi connectivity index (χ1v) is 11.3. The minimum absolute atomic E-state index is 0.0278. The molecule has 0 fully saturated rings. The molecule has 0 unspecified atom stereocenters. The van der Waals surface area contributed by atoms with Gasteiger partial charge in [-0.15, -0.1) is 0 Å². The van der Waals surface area contributed by atoms with Crippen LogP contribution in [0.4, 0.5) is 0 Å². The van der Waals surface area contributed by atoms with Crippen LogP contribution in [-0.2, 0) is 10.8 Å². The second-order valence-corrected chi connectivity index (χ2v) is 10.7. The first kappa shape index (κ1) is 18.5. The molecule has 2 radical (unpaired) electrons. The van der Waals surface area contributed by atoms with Crippen molar-refractivity contribution in [3.8, 4) is 22.3 Å². The van der Waals surface area contributed by atoms with Crippen LogP contribution in [-0.4, -0.2) is 7.85 Å². The number of fused-ring (bicyclic) bond motifs is 8. The number of benzene rings is 4. The molecule has 2 aliphatic rings. The summed E-state index contributed by atoms with van der Waals surface area (Å²) < 4.78 is 1.14. The van der Waals surface area contributed by atoms with Gasteiger partial charge in [0.2, 0.25) is 0 Å². The fourth-order valence-corrected chi connectivity index (χ4v) is 6.17. The van der Waals surface area contributed by atoms with Crippen molar-refractivity contribution >= 4 is 40.0 Å². The molecule has 0 bridgehead atoms. The molecule has 2 heteroatoms. The normalized spacial score (nSPS) is 16.8. The Morgan fingerprint density at radius 3 is 2.00 bits per heavy atom. The van der Waals surface area contributed by atoms with E-state index in [0.29, 0.717) is 0 Å².